The highest BCUT2D eigenvalue weighted by molar-refractivity contribution is 7.90. The molecule has 0 spiro atoms. The molecule has 2 N–H and O–H groups in total. The van der Waals surface area contributed by atoms with Gasteiger partial charge in [-0.05, 0) is 59.5 Å². The van der Waals surface area contributed by atoms with Crippen LogP contribution in [0.4, 0.5) is 0 Å². The van der Waals surface area contributed by atoms with Crippen LogP contribution in [-0.2, 0) is 28.5 Å². The fourth-order valence-corrected chi connectivity index (χ4v) is 5.74. The minimum atomic E-state index is -4.27. The van der Waals surface area contributed by atoms with E-state index in [9.17, 15) is 18.3 Å². The second-order valence-corrected chi connectivity index (χ2v) is 10.5. The van der Waals surface area contributed by atoms with Gasteiger partial charge in [0.25, 0.3) is 10.0 Å². The Morgan fingerprint density at radius 1 is 1.11 bits per heavy atom. The molecule has 3 aromatic carbocycles. The largest absolute Gasteiger partial charge is 0.495 e. The van der Waals surface area contributed by atoms with Crippen LogP contribution in [0, 0.1) is 6.92 Å². The number of hydrogen-bond acceptors (Lipinski definition) is 7. The highest BCUT2D eigenvalue weighted by atomic mass is 32.2. The zero-order valence-corrected chi connectivity index (χ0v) is 21.3. The van der Waals surface area contributed by atoms with Gasteiger partial charge in [-0.15, -0.1) is 0 Å². The number of rotatable bonds is 7. The lowest BCUT2D eigenvalue weighted by Crippen LogP contribution is -2.35. The number of hydrogen-bond donors (Lipinski definition) is 2. The number of sulfonamides is 1. The molecule has 1 atom stereocenters. The van der Waals surface area contributed by atoms with Gasteiger partial charge in [0, 0.05) is 24.1 Å². The second-order valence-electron chi connectivity index (χ2n) is 8.87. The lowest BCUT2D eigenvalue weighted by molar-refractivity contribution is -0.119. The number of methoxy groups -OCH3 is 1. The number of amides is 1. The molecule has 5 rings (SSSR count). The molecule has 1 aliphatic rings. The molecular formula is C27H26N2O7S. The summed E-state index contributed by atoms with van der Waals surface area (Å²) >= 11 is 0. The fourth-order valence-electron chi connectivity index (χ4n) is 4.60. The number of ether oxygens (including phenoxy) is 3. The van der Waals surface area contributed by atoms with Gasteiger partial charge < -0.3 is 23.9 Å². The van der Waals surface area contributed by atoms with Gasteiger partial charge in [-0.2, -0.15) is 0 Å². The Bertz CT molecular complexity index is 1630. The summed E-state index contributed by atoms with van der Waals surface area (Å²) in [5.74, 6) is -0.571. The van der Waals surface area contributed by atoms with E-state index in [0.717, 1.165) is 22.0 Å². The summed E-state index contributed by atoms with van der Waals surface area (Å²) in [7, 11) is -1.06. The molecule has 2 heterocycles. The van der Waals surface area contributed by atoms with Crippen LogP contribution in [0.3, 0.4) is 0 Å². The van der Waals surface area contributed by atoms with Crippen molar-refractivity contribution in [3.05, 3.63) is 83.0 Å². The first-order chi connectivity index (χ1) is 17.7. The maximum absolute atomic E-state index is 13.8. The van der Waals surface area contributed by atoms with Crippen LogP contribution >= 0.6 is 0 Å². The number of carbonyl (C=O) groups excluding carboxylic acids is 1. The number of aromatic nitrogens is 1. The lowest BCUT2D eigenvalue weighted by atomic mass is 9.90. The third kappa shape index (κ3) is 4.49. The van der Waals surface area contributed by atoms with Gasteiger partial charge in [-0.1, -0.05) is 24.3 Å². The second kappa shape index (κ2) is 9.45. The monoisotopic (exact) mass is 522 g/mol. The number of aliphatic hydroxyl groups excluding tert-OH is 1. The summed E-state index contributed by atoms with van der Waals surface area (Å²) in [4.78, 5) is 13.7. The zero-order chi connectivity index (χ0) is 26.3. The van der Waals surface area contributed by atoms with E-state index in [1.165, 1.54) is 13.2 Å². The van der Waals surface area contributed by atoms with E-state index in [0.29, 0.717) is 22.6 Å². The highest BCUT2D eigenvalue weighted by Gasteiger charge is 2.32. The number of nitrogens with zero attached hydrogens (tertiary/aromatic N) is 1. The highest BCUT2D eigenvalue weighted by Crippen LogP contribution is 2.39. The van der Waals surface area contributed by atoms with Gasteiger partial charge in [0.05, 0.1) is 19.6 Å². The summed E-state index contributed by atoms with van der Waals surface area (Å²) in [6.45, 7) is 1.75. The van der Waals surface area contributed by atoms with Crippen LogP contribution in [0.25, 0.3) is 10.9 Å². The van der Waals surface area contributed by atoms with Crippen LogP contribution in [0.5, 0.6) is 17.2 Å². The van der Waals surface area contributed by atoms with E-state index < -0.39 is 21.8 Å². The molecule has 0 unspecified atom stereocenters. The van der Waals surface area contributed by atoms with Crippen molar-refractivity contribution in [2.75, 3.05) is 13.9 Å². The molecule has 37 heavy (non-hydrogen) atoms. The van der Waals surface area contributed by atoms with Crippen molar-refractivity contribution >= 4 is 26.8 Å². The maximum atomic E-state index is 13.8. The Kier molecular flexibility index (Phi) is 6.30. The average molecular weight is 523 g/mol. The summed E-state index contributed by atoms with van der Waals surface area (Å²) in [6.07, 6.45) is 1.79. The molecule has 1 aliphatic heterocycles. The molecule has 10 heteroatoms. The number of carbonyl (C=O) groups is 1. The normalized spacial score (nSPS) is 13.5. The molecule has 1 aromatic heterocycles. The number of nitrogens with one attached hydrogen (secondary N) is 1. The molecule has 192 valence electrons. The Hall–Kier alpha value is -4.02. The Balaban J connectivity index is 1.62. The molecule has 9 nitrogen and oxygen atoms in total. The summed E-state index contributed by atoms with van der Waals surface area (Å²) in [5, 5.41) is 10.3. The first-order valence-electron chi connectivity index (χ1n) is 11.5. The van der Waals surface area contributed by atoms with Crippen LogP contribution in [0.1, 0.15) is 28.2 Å². The van der Waals surface area contributed by atoms with Crippen LogP contribution in [0.2, 0.25) is 0 Å². The molecule has 0 radical (unpaired) electrons. The Morgan fingerprint density at radius 3 is 2.65 bits per heavy atom. The van der Waals surface area contributed by atoms with Crippen molar-refractivity contribution in [1.82, 2.24) is 9.29 Å². The van der Waals surface area contributed by atoms with Crippen molar-refractivity contribution in [3.63, 3.8) is 0 Å². The zero-order valence-electron chi connectivity index (χ0n) is 20.5. The van der Waals surface area contributed by atoms with Crippen molar-refractivity contribution in [2.24, 2.45) is 7.05 Å². The summed E-state index contributed by atoms with van der Waals surface area (Å²) < 4.78 is 47.0. The predicted octanol–water partition coefficient (Wildman–Crippen LogP) is 3.35. The van der Waals surface area contributed by atoms with E-state index >= 15 is 0 Å². The van der Waals surface area contributed by atoms with Crippen LogP contribution in [0.15, 0.2) is 65.7 Å². The van der Waals surface area contributed by atoms with Gasteiger partial charge in [-0.25, -0.2) is 13.1 Å². The fraction of sp³-hybridized carbons (Fsp3) is 0.222. The van der Waals surface area contributed by atoms with Gasteiger partial charge in [0.1, 0.15) is 10.6 Å². The van der Waals surface area contributed by atoms with Crippen molar-refractivity contribution in [1.29, 1.82) is 0 Å². The third-order valence-electron chi connectivity index (χ3n) is 6.42. The third-order valence-corrected chi connectivity index (χ3v) is 7.80. The molecule has 1 amide bonds. The molecular weight excluding hydrogens is 496 g/mol. The van der Waals surface area contributed by atoms with E-state index in [1.807, 2.05) is 30.7 Å². The molecule has 0 bridgehead atoms. The van der Waals surface area contributed by atoms with Crippen LogP contribution in [-0.4, -0.2) is 37.9 Å². The average Bonchev–Trinajstić information content (AvgIpc) is 3.47. The minimum Gasteiger partial charge on any atom is -0.495 e. The Morgan fingerprint density at radius 2 is 1.89 bits per heavy atom. The molecule has 0 saturated heterocycles. The predicted molar refractivity (Wildman–Crippen MR) is 136 cm³/mol. The molecule has 0 aliphatic carbocycles. The standard InChI is InChI=1S/C27H26N2O7S/c1-16-4-9-25(24(10-16)34-3)37(32,33)28-27(31)26(18-6-8-22-23(12-18)36-15-35-22)20-13-29(2)21-11-17(14-30)5-7-19(20)21/h4-13,26,30H,14-15H2,1-3H3,(H,28,31)/t26-/m0/s1. The van der Waals surface area contributed by atoms with E-state index in [2.05, 4.69) is 4.72 Å². The maximum Gasteiger partial charge on any atom is 0.267 e. The van der Waals surface area contributed by atoms with E-state index in [4.69, 9.17) is 14.2 Å². The summed E-state index contributed by atoms with van der Waals surface area (Å²) in [5.41, 5.74) is 3.47. The summed E-state index contributed by atoms with van der Waals surface area (Å²) in [6, 6.07) is 15.2. The minimum absolute atomic E-state index is 0.0649. The quantitative estimate of drug-likeness (QED) is 0.382. The smallest absolute Gasteiger partial charge is 0.267 e. The van der Waals surface area contributed by atoms with Gasteiger partial charge in [0.15, 0.2) is 11.5 Å². The number of aryl methyl sites for hydroxylation is 2. The first kappa shape index (κ1) is 24.7. The topological polar surface area (TPSA) is 116 Å². The Labute approximate surface area is 214 Å². The van der Waals surface area contributed by atoms with Crippen molar-refractivity contribution < 1.29 is 32.5 Å². The lowest BCUT2D eigenvalue weighted by Gasteiger charge is -2.19. The first-order valence-corrected chi connectivity index (χ1v) is 13.0. The number of fused-ring (bicyclic) bond motifs is 2. The van der Waals surface area contributed by atoms with Gasteiger partial charge in [0.2, 0.25) is 12.7 Å². The SMILES string of the molecule is COc1cc(C)ccc1S(=O)(=O)NC(=O)[C@@H](c1ccc2c(c1)OCO2)c1cn(C)c2cc(CO)ccc12. The molecule has 4 aromatic rings. The molecule has 0 saturated carbocycles. The van der Waals surface area contributed by atoms with E-state index in [1.54, 1.807) is 42.6 Å². The van der Waals surface area contributed by atoms with Crippen molar-refractivity contribution in [2.45, 2.75) is 24.3 Å². The van der Waals surface area contributed by atoms with Gasteiger partial charge in [-0.3, -0.25) is 4.79 Å². The van der Waals surface area contributed by atoms with E-state index in [-0.39, 0.29) is 24.0 Å². The van der Waals surface area contributed by atoms with Crippen LogP contribution < -0.4 is 18.9 Å². The van der Waals surface area contributed by atoms with Crippen molar-refractivity contribution in [3.8, 4) is 17.2 Å². The van der Waals surface area contributed by atoms with Gasteiger partial charge >= 0.3 is 0 Å². The molecule has 0 fully saturated rings. The number of aliphatic hydroxyl groups is 1. The number of benzene rings is 3.